The fraction of sp³-hybridized carbons (Fsp3) is 0.412. The lowest BCUT2D eigenvalue weighted by Gasteiger charge is -2.20. The minimum Gasteiger partial charge on any atom is -0.389 e. The van der Waals surface area contributed by atoms with Crippen LogP contribution in [0.15, 0.2) is 30.3 Å². The molecule has 0 spiro atoms. The van der Waals surface area contributed by atoms with E-state index < -0.39 is 0 Å². The largest absolute Gasteiger partial charge is 0.389 e. The minimum atomic E-state index is 0.335. The van der Waals surface area contributed by atoms with Crippen molar-refractivity contribution >= 4 is 33.9 Å². The molecule has 2 aromatic rings. The van der Waals surface area contributed by atoms with Crippen LogP contribution in [0.2, 0.25) is 0 Å². The van der Waals surface area contributed by atoms with Gasteiger partial charge >= 0.3 is 0 Å². The molecule has 1 heterocycles. The number of nitrogens with two attached hydrogens (primary N) is 1. The molecule has 112 valence electrons. The number of fused-ring (bicyclic) bond motifs is 1. The van der Waals surface area contributed by atoms with Gasteiger partial charge in [0.05, 0.1) is 11.1 Å². The van der Waals surface area contributed by atoms with Gasteiger partial charge in [-0.1, -0.05) is 50.7 Å². The predicted octanol–water partition coefficient (Wildman–Crippen LogP) is 4.11. The maximum atomic E-state index is 5.86. The van der Waals surface area contributed by atoms with Crippen molar-refractivity contribution in [2.45, 2.75) is 39.7 Å². The van der Waals surface area contributed by atoms with E-state index in [-0.39, 0.29) is 0 Å². The van der Waals surface area contributed by atoms with Gasteiger partial charge in [0.1, 0.15) is 10.8 Å². The molecule has 0 aliphatic carbocycles. The lowest BCUT2D eigenvalue weighted by atomic mass is 10.0. The van der Waals surface area contributed by atoms with Crippen molar-refractivity contribution < 1.29 is 0 Å². The van der Waals surface area contributed by atoms with Crippen LogP contribution in [0.25, 0.3) is 10.9 Å². The molecule has 2 rings (SSSR count). The van der Waals surface area contributed by atoms with E-state index in [1.807, 2.05) is 30.3 Å². The molecule has 3 N–H and O–H groups in total. The predicted molar refractivity (Wildman–Crippen MR) is 94.8 cm³/mol. The van der Waals surface area contributed by atoms with Crippen molar-refractivity contribution in [2.24, 2.45) is 11.7 Å². The van der Waals surface area contributed by atoms with E-state index in [2.05, 4.69) is 26.1 Å². The summed E-state index contributed by atoms with van der Waals surface area (Å²) in [6.45, 7) is 6.65. The highest BCUT2D eigenvalue weighted by atomic mass is 32.1. The second kappa shape index (κ2) is 6.85. The third-order valence-electron chi connectivity index (χ3n) is 3.83. The fourth-order valence-electron chi connectivity index (χ4n) is 2.48. The lowest BCUT2D eigenvalue weighted by Crippen LogP contribution is -2.22. The van der Waals surface area contributed by atoms with Gasteiger partial charge in [-0.05, 0) is 31.4 Å². The smallest absolute Gasteiger partial charge is 0.137 e. The van der Waals surface area contributed by atoms with E-state index in [0.29, 0.717) is 16.9 Å². The maximum Gasteiger partial charge on any atom is 0.137 e. The number of anilines is 1. The second-order valence-corrected chi connectivity index (χ2v) is 6.18. The molecule has 0 amide bonds. The molecule has 0 radical (unpaired) electrons. The van der Waals surface area contributed by atoms with E-state index in [0.717, 1.165) is 28.7 Å². The van der Waals surface area contributed by atoms with Crippen molar-refractivity contribution in [2.75, 3.05) is 5.32 Å². The van der Waals surface area contributed by atoms with E-state index in [1.165, 1.54) is 6.42 Å². The van der Waals surface area contributed by atoms with Gasteiger partial charge in [-0.15, -0.1) is 0 Å². The number of hydrogen-bond acceptors (Lipinski definition) is 3. The summed E-state index contributed by atoms with van der Waals surface area (Å²) >= 11 is 5.17. The standard InChI is InChI=1S/C17H23N3S/c1-4-11(2)9-12(3)19-17-14(16(18)21)10-13-7-5-6-8-15(13)20-17/h5-8,10-12H,4,9H2,1-3H3,(H2,18,21)(H,19,20). The van der Waals surface area contributed by atoms with E-state index in [4.69, 9.17) is 22.9 Å². The van der Waals surface area contributed by atoms with Crippen molar-refractivity contribution in [1.29, 1.82) is 0 Å². The van der Waals surface area contributed by atoms with Crippen LogP contribution >= 0.6 is 12.2 Å². The Morgan fingerprint density at radius 3 is 2.71 bits per heavy atom. The number of nitrogens with one attached hydrogen (secondary N) is 1. The van der Waals surface area contributed by atoms with Gasteiger partial charge in [-0.2, -0.15) is 0 Å². The Morgan fingerprint density at radius 2 is 2.05 bits per heavy atom. The molecule has 0 bridgehead atoms. The molecule has 0 saturated carbocycles. The quantitative estimate of drug-likeness (QED) is 0.789. The van der Waals surface area contributed by atoms with Crippen LogP contribution in [0.3, 0.4) is 0 Å². The summed E-state index contributed by atoms with van der Waals surface area (Å²) < 4.78 is 0. The summed E-state index contributed by atoms with van der Waals surface area (Å²) in [6, 6.07) is 10.4. The van der Waals surface area contributed by atoms with Crippen LogP contribution in [0.5, 0.6) is 0 Å². The summed E-state index contributed by atoms with van der Waals surface area (Å²) in [5.74, 6) is 1.47. The van der Waals surface area contributed by atoms with Gasteiger partial charge in [-0.25, -0.2) is 4.98 Å². The summed E-state index contributed by atoms with van der Waals surface area (Å²) in [7, 11) is 0. The van der Waals surface area contributed by atoms with E-state index in [1.54, 1.807) is 0 Å². The van der Waals surface area contributed by atoms with Gasteiger partial charge in [0.15, 0.2) is 0 Å². The zero-order valence-corrected chi connectivity index (χ0v) is 13.7. The third-order valence-corrected chi connectivity index (χ3v) is 4.05. The summed E-state index contributed by atoms with van der Waals surface area (Å²) in [6.07, 6.45) is 2.28. The van der Waals surface area contributed by atoms with Crippen molar-refractivity contribution in [3.05, 3.63) is 35.9 Å². The average Bonchev–Trinajstić information content (AvgIpc) is 2.46. The number of rotatable bonds is 6. The summed E-state index contributed by atoms with van der Waals surface area (Å²) in [5, 5.41) is 4.53. The highest BCUT2D eigenvalue weighted by molar-refractivity contribution is 7.80. The molecule has 1 aromatic carbocycles. The number of aromatic nitrogens is 1. The van der Waals surface area contributed by atoms with Gasteiger partial charge in [-0.3, -0.25) is 0 Å². The summed E-state index contributed by atoms with van der Waals surface area (Å²) in [4.78, 5) is 5.07. The molecule has 0 aliphatic heterocycles. The Balaban J connectivity index is 2.32. The highest BCUT2D eigenvalue weighted by Crippen LogP contribution is 2.22. The zero-order chi connectivity index (χ0) is 15.4. The molecular weight excluding hydrogens is 278 g/mol. The van der Waals surface area contributed by atoms with Crippen LogP contribution < -0.4 is 11.1 Å². The Morgan fingerprint density at radius 1 is 1.33 bits per heavy atom. The minimum absolute atomic E-state index is 0.335. The first kappa shape index (κ1) is 15.7. The number of nitrogens with zero attached hydrogens (tertiary/aromatic N) is 1. The molecule has 4 heteroatoms. The van der Waals surface area contributed by atoms with Crippen LogP contribution in [0.1, 0.15) is 39.2 Å². The van der Waals surface area contributed by atoms with Crippen molar-refractivity contribution in [1.82, 2.24) is 4.98 Å². The molecular formula is C17H23N3S. The first-order chi connectivity index (χ1) is 10.0. The lowest BCUT2D eigenvalue weighted by molar-refractivity contribution is 0.483. The van der Waals surface area contributed by atoms with Gasteiger partial charge in [0.2, 0.25) is 0 Å². The third kappa shape index (κ3) is 3.91. The number of pyridine rings is 1. The van der Waals surface area contributed by atoms with Gasteiger partial charge < -0.3 is 11.1 Å². The van der Waals surface area contributed by atoms with Crippen molar-refractivity contribution in [3.63, 3.8) is 0 Å². The van der Waals surface area contributed by atoms with E-state index >= 15 is 0 Å². The molecule has 21 heavy (non-hydrogen) atoms. The summed E-state index contributed by atoms with van der Waals surface area (Å²) in [5.41, 5.74) is 7.63. The maximum absolute atomic E-state index is 5.86. The molecule has 0 saturated heterocycles. The zero-order valence-electron chi connectivity index (χ0n) is 12.9. The number of hydrogen-bond donors (Lipinski definition) is 2. The topological polar surface area (TPSA) is 50.9 Å². The molecule has 1 aromatic heterocycles. The first-order valence-electron chi connectivity index (χ1n) is 7.47. The Kier molecular flexibility index (Phi) is 5.12. The van der Waals surface area contributed by atoms with Crippen LogP contribution in [-0.2, 0) is 0 Å². The number of benzene rings is 1. The SMILES string of the molecule is CCC(C)CC(C)Nc1nc2ccccc2cc1C(N)=S. The molecule has 3 nitrogen and oxygen atoms in total. The van der Waals surface area contributed by atoms with Crippen molar-refractivity contribution in [3.8, 4) is 0 Å². The van der Waals surface area contributed by atoms with Crippen LogP contribution in [0, 0.1) is 5.92 Å². The second-order valence-electron chi connectivity index (χ2n) is 5.74. The monoisotopic (exact) mass is 301 g/mol. The molecule has 0 aliphatic rings. The normalized spacial score (nSPS) is 13.9. The Bertz CT molecular complexity index is 639. The van der Waals surface area contributed by atoms with Gasteiger partial charge in [0.25, 0.3) is 0 Å². The first-order valence-corrected chi connectivity index (χ1v) is 7.88. The van der Waals surface area contributed by atoms with Crippen LogP contribution in [-0.4, -0.2) is 16.0 Å². The number of para-hydroxylation sites is 1. The van der Waals surface area contributed by atoms with Gasteiger partial charge in [0, 0.05) is 11.4 Å². The Labute approximate surface area is 132 Å². The van der Waals surface area contributed by atoms with E-state index in [9.17, 15) is 0 Å². The molecule has 2 unspecified atom stereocenters. The highest BCUT2D eigenvalue weighted by Gasteiger charge is 2.13. The van der Waals surface area contributed by atoms with Crippen LogP contribution in [0.4, 0.5) is 5.82 Å². The average molecular weight is 301 g/mol. The fourth-order valence-corrected chi connectivity index (χ4v) is 2.63. The Hall–Kier alpha value is -1.68. The number of thiocarbonyl (C=S) groups is 1. The molecule has 0 fully saturated rings. The molecule has 2 atom stereocenters.